The van der Waals surface area contributed by atoms with Crippen LogP contribution in [-0.2, 0) is 6.54 Å². The Bertz CT molecular complexity index is 626. The number of nitrogens with one attached hydrogen (secondary N) is 2. The van der Waals surface area contributed by atoms with Gasteiger partial charge in [0.1, 0.15) is 17.3 Å². The Balaban J connectivity index is 2.15. The molecule has 8 heteroatoms. The van der Waals surface area contributed by atoms with Crippen molar-refractivity contribution >= 4 is 17.3 Å². The van der Waals surface area contributed by atoms with Crippen LogP contribution in [0, 0.1) is 17.0 Å². The van der Waals surface area contributed by atoms with Crippen LogP contribution in [0.25, 0.3) is 0 Å². The molecule has 0 aromatic carbocycles. The van der Waals surface area contributed by atoms with Gasteiger partial charge in [0, 0.05) is 18.7 Å². The van der Waals surface area contributed by atoms with Gasteiger partial charge in [-0.05, 0) is 19.4 Å². The van der Waals surface area contributed by atoms with Crippen LogP contribution in [0.4, 0.5) is 17.3 Å². The van der Waals surface area contributed by atoms with Gasteiger partial charge in [0.05, 0.1) is 11.5 Å². The molecule has 2 N–H and O–H groups in total. The molecule has 0 aliphatic carbocycles. The van der Waals surface area contributed by atoms with Gasteiger partial charge in [-0.25, -0.2) is 4.98 Å². The zero-order valence-electron chi connectivity index (χ0n) is 11.9. The summed E-state index contributed by atoms with van der Waals surface area (Å²) in [5.74, 6) is 1.50. The molecule has 0 unspecified atom stereocenters. The fourth-order valence-corrected chi connectivity index (χ4v) is 1.76. The standard InChI is InChI=1S/C13H17N5O3/c1-3-6-14-12-5-4-11(18(19)20)13(16-12)15-8-10-7-9(2)21-17-10/h4-5,7H,3,6,8H2,1-2H3,(H2,14,15,16). The van der Waals surface area contributed by atoms with Crippen molar-refractivity contribution in [1.29, 1.82) is 0 Å². The molecule has 2 aromatic rings. The van der Waals surface area contributed by atoms with Gasteiger partial charge < -0.3 is 15.2 Å². The summed E-state index contributed by atoms with van der Waals surface area (Å²) < 4.78 is 4.95. The van der Waals surface area contributed by atoms with Crippen molar-refractivity contribution < 1.29 is 9.45 Å². The molecule has 0 aliphatic rings. The fraction of sp³-hybridized carbons (Fsp3) is 0.385. The summed E-state index contributed by atoms with van der Waals surface area (Å²) in [7, 11) is 0. The number of hydrogen-bond acceptors (Lipinski definition) is 7. The molecule has 0 bridgehead atoms. The number of nitro groups is 1. The number of pyridine rings is 1. The average molecular weight is 291 g/mol. The molecule has 0 radical (unpaired) electrons. The van der Waals surface area contributed by atoms with Gasteiger partial charge in [0.25, 0.3) is 0 Å². The van der Waals surface area contributed by atoms with Crippen LogP contribution >= 0.6 is 0 Å². The Morgan fingerprint density at radius 2 is 2.19 bits per heavy atom. The zero-order valence-corrected chi connectivity index (χ0v) is 11.9. The highest BCUT2D eigenvalue weighted by atomic mass is 16.6. The van der Waals surface area contributed by atoms with Crippen molar-refractivity contribution in [2.45, 2.75) is 26.8 Å². The van der Waals surface area contributed by atoms with Crippen molar-refractivity contribution in [2.75, 3.05) is 17.2 Å². The molecule has 112 valence electrons. The van der Waals surface area contributed by atoms with Gasteiger partial charge >= 0.3 is 5.69 Å². The van der Waals surface area contributed by atoms with E-state index in [9.17, 15) is 10.1 Å². The number of rotatable bonds is 7. The highest BCUT2D eigenvalue weighted by molar-refractivity contribution is 5.60. The molecule has 8 nitrogen and oxygen atoms in total. The fourth-order valence-electron chi connectivity index (χ4n) is 1.76. The number of anilines is 2. The Morgan fingerprint density at radius 1 is 1.38 bits per heavy atom. The van der Waals surface area contributed by atoms with Crippen molar-refractivity contribution in [2.24, 2.45) is 0 Å². The second kappa shape index (κ2) is 6.69. The summed E-state index contributed by atoms with van der Waals surface area (Å²) >= 11 is 0. The van der Waals surface area contributed by atoms with Gasteiger partial charge in [-0.1, -0.05) is 12.1 Å². The Labute approximate surface area is 121 Å². The lowest BCUT2D eigenvalue weighted by Gasteiger charge is -2.08. The smallest absolute Gasteiger partial charge is 0.311 e. The number of aryl methyl sites for hydroxylation is 1. The van der Waals surface area contributed by atoms with E-state index in [4.69, 9.17) is 4.52 Å². The van der Waals surface area contributed by atoms with Gasteiger partial charge in [-0.2, -0.15) is 0 Å². The molecule has 0 amide bonds. The van der Waals surface area contributed by atoms with Gasteiger partial charge in [0.2, 0.25) is 5.82 Å². The van der Waals surface area contributed by atoms with Crippen molar-refractivity contribution in [3.8, 4) is 0 Å². The highest BCUT2D eigenvalue weighted by Gasteiger charge is 2.16. The lowest BCUT2D eigenvalue weighted by atomic mass is 10.3. The summed E-state index contributed by atoms with van der Waals surface area (Å²) in [6.45, 7) is 4.88. The van der Waals surface area contributed by atoms with E-state index in [0.717, 1.165) is 13.0 Å². The maximum absolute atomic E-state index is 11.0. The third-order valence-corrected chi connectivity index (χ3v) is 2.74. The summed E-state index contributed by atoms with van der Waals surface area (Å²) in [4.78, 5) is 14.8. The summed E-state index contributed by atoms with van der Waals surface area (Å²) in [6.07, 6.45) is 0.944. The predicted molar refractivity (Wildman–Crippen MR) is 78.2 cm³/mol. The third-order valence-electron chi connectivity index (χ3n) is 2.74. The van der Waals surface area contributed by atoms with Crippen LogP contribution in [0.5, 0.6) is 0 Å². The van der Waals surface area contributed by atoms with Crippen LogP contribution < -0.4 is 10.6 Å². The first-order valence-electron chi connectivity index (χ1n) is 6.65. The molecule has 2 aromatic heterocycles. The minimum Gasteiger partial charge on any atom is -0.370 e. The maximum Gasteiger partial charge on any atom is 0.311 e. The Hall–Kier alpha value is -2.64. The highest BCUT2D eigenvalue weighted by Crippen LogP contribution is 2.24. The number of nitrogens with zero attached hydrogens (tertiary/aromatic N) is 3. The monoisotopic (exact) mass is 291 g/mol. The molecule has 0 spiro atoms. The van der Waals surface area contributed by atoms with E-state index in [0.29, 0.717) is 23.8 Å². The predicted octanol–water partition coefficient (Wildman–Crippen LogP) is 2.72. The van der Waals surface area contributed by atoms with E-state index in [2.05, 4.69) is 20.8 Å². The van der Waals surface area contributed by atoms with E-state index in [1.807, 2.05) is 6.92 Å². The molecular formula is C13H17N5O3. The largest absolute Gasteiger partial charge is 0.370 e. The molecular weight excluding hydrogens is 274 g/mol. The zero-order chi connectivity index (χ0) is 15.2. The van der Waals surface area contributed by atoms with Crippen molar-refractivity contribution in [3.63, 3.8) is 0 Å². The SMILES string of the molecule is CCCNc1ccc([N+](=O)[O-])c(NCc2cc(C)on2)n1. The Morgan fingerprint density at radius 3 is 2.81 bits per heavy atom. The normalized spacial score (nSPS) is 10.4. The summed E-state index contributed by atoms with van der Waals surface area (Å²) in [6, 6.07) is 4.79. The second-order valence-corrected chi connectivity index (χ2v) is 4.53. The molecule has 21 heavy (non-hydrogen) atoms. The van der Waals surface area contributed by atoms with Gasteiger partial charge in [-0.15, -0.1) is 0 Å². The first-order valence-corrected chi connectivity index (χ1v) is 6.65. The quantitative estimate of drug-likeness (QED) is 0.596. The van der Waals surface area contributed by atoms with Crippen LogP contribution in [0.2, 0.25) is 0 Å². The van der Waals surface area contributed by atoms with Crippen LogP contribution in [0.1, 0.15) is 24.8 Å². The van der Waals surface area contributed by atoms with E-state index in [1.54, 1.807) is 19.1 Å². The molecule has 0 saturated carbocycles. The number of hydrogen-bond donors (Lipinski definition) is 2. The topological polar surface area (TPSA) is 106 Å². The maximum atomic E-state index is 11.0. The van der Waals surface area contributed by atoms with E-state index in [-0.39, 0.29) is 11.5 Å². The Kier molecular flexibility index (Phi) is 4.70. The van der Waals surface area contributed by atoms with Crippen molar-refractivity contribution in [1.82, 2.24) is 10.1 Å². The van der Waals surface area contributed by atoms with Gasteiger partial charge in [-0.3, -0.25) is 10.1 Å². The van der Waals surface area contributed by atoms with E-state index < -0.39 is 4.92 Å². The molecule has 0 saturated heterocycles. The van der Waals surface area contributed by atoms with Crippen LogP contribution in [0.15, 0.2) is 22.7 Å². The summed E-state index contributed by atoms with van der Waals surface area (Å²) in [5.41, 5.74) is 0.591. The van der Waals surface area contributed by atoms with Crippen LogP contribution in [0.3, 0.4) is 0 Å². The van der Waals surface area contributed by atoms with Crippen molar-refractivity contribution in [3.05, 3.63) is 39.8 Å². The molecule has 0 fully saturated rings. The van der Waals surface area contributed by atoms with Gasteiger partial charge in [0.15, 0.2) is 0 Å². The first kappa shape index (κ1) is 14.8. The lowest BCUT2D eigenvalue weighted by Crippen LogP contribution is -2.08. The molecule has 0 aliphatic heterocycles. The minimum absolute atomic E-state index is 0.0720. The lowest BCUT2D eigenvalue weighted by molar-refractivity contribution is -0.384. The molecule has 2 rings (SSSR count). The molecule has 0 atom stereocenters. The van der Waals surface area contributed by atoms with E-state index >= 15 is 0 Å². The second-order valence-electron chi connectivity index (χ2n) is 4.53. The molecule has 2 heterocycles. The third kappa shape index (κ3) is 3.91. The van der Waals surface area contributed by atoms with Crippen LogP contribution in [-0.4, -0.2) is 21.6 Å². The average Bonchev–Trinajstić information content (AvgIpc) is 2.88. The number of aromatic nitrogens is 2. The van der Waals surface area contributed by atoms with E-state index in [1.165, 1.54) is 6.07 Å². The first-order chi connectivity index (χ1) is 10.1. The minimum atomic E-state index is -0.465. The summed E-state index contributed by atoms with van der Waals surface area (Å²) in [5, 5.41) is 20.9.